The van der Waals surface area contributed by atoms with Gasteiger partial charge in [0.25, 0.3) is 0 Å². The van der Waals surface area contributed by atoms with Gasteiger partial charge in [-0.25, -0.2) is 4.79 Å². The third-order valence-corrected chi connectivity index (χ3v) is 2.45. The summed E-state index contributed by atoms with van der Waals surface area (Å²) in [7, 11) is 4.42. The van der Waals surface area contributed by atoms with Gasteiger partial charge in [-0.05, 0) is 6.07 Å². The average Bonchev–Trinajstić information content (AvgIpc) is 2.34. The Morgan fingerprint density at radius 1 is 1.29 bits per heavy atom. The van der Waals surface area contributed by atoms with E-state index in [-0.39, 0.29) is 6.42 Å². The first-order valence-corrected chi connectivity index (χ1v) is 5.09. The molecule has 0 saturated heterocycles. The largest absolute Gasteiger partial charge is 0.493 e. The molecule has 1 aromatic rings. The zero-order valence-electron chi connectivity index (χ0n) is 10.1. The fraction of sp³-hybridized carbons (Fsp3) is 0.417. The summed E-state index contributed by atoms with van der Waals surface area (Å²) < 4.78 is 15.3. The predicted octanol–water partition coefficient (Wildman–Crippen LogP) is 1.35. The lowest BCUT2D eigenvalue weighted by molar-refractivity contribution is -0.148. The molecule has 0 saturated carbocycles. The summed E-state index contributed by atoms with van der Waals surface area (Å²) in [4.78, 5) is 10.9. The summed E-state index contributed by atoms with van der Waals surface area (Å²) in [5.74, 6) is 0.112. The maximum atomic E-state index is 10.9. The highest BCUT2D eigenvalue weighted by Gasteiger charge is 2.20. The van der Waals surface area contributed by atoms with Crippen LogP contribution in [0.15, 0.2) is 18.2 Å². The summed E-state index contributed by atoms with van der Waals surface area (Å²) in [6, 6.07) is 5.33. The molecule has 5 nitrogen and oxygen atoms in total. The second-order valence-electron chi connectivity index (χ2n) is 3.42. The molecule has 0 aliphatic carbocycles. The third-order valence-electron chi connectivity index (χ3n) is 2.45. The van der Waals surface area contributed by atoms with Crippen molar-refractivity contribution in [3.63, 3.8) is 0 Å². The fourth-order valence-corrected chi connectivity index (χ4v) is 1.59. The van der Waals surface area contributed by atoms with Gasteiger partial charge in [0, 0.05) is 19.1 Å². The van der Waals surface area contributed by atoms with Crippen LogP contribution in [0.4, 0.5) is 0 Å². The van der Waals surface area contributed by atoms with Crippen LogP contribution < -0.4 is 9.47 Å². The van der Waals surface area contributed by atoms with Crippen LogP contribution >= 0.6 is 0 Å². The number of hydrogen-bond acceptors (Lipinski definition) is 4. The Morgan fingerprint density at radius 2 is 2.00 bits per heavy atom. The maximum Gasteiger partial charge on any atom is 0.333 e. The van der Waals surface area contributed by atoms with Crippen molar-refractivity contribution in [2.24, 2.45) is 0 Å². The quantitative estimate of drug-likeness (QED) is 0.813. The minimum Gasteiger partial charge on any atom is -0.493 e. The molecule has 1 rings (SSSR count). The van der Waals surface area contributed by atoms with Crippen LogP contribution in [0.1, 0.15) is 5.56 Å². The molecule has 0 aliphatic heterocycles. The van der Waals surface area contributed by atoms with E-state index >= 15 is 0 Å². The molecule has 0 aromatic heterocycles. The Kier molecular flexibility index (Phi) is 4.78. The number of ether oxygens (including phenoxy) is 3. The van der Waals surface area contributed by atoms with E-state index in [9.17, 15) is 4.79 Å². The lowest BCUT2D eigenvalue weighted by Gasteiger charge is -2.15. The summed E-state index contributed by atoms with van der Waals surface area (Å²) >= 11 is 0. The fourth-order valence-electron chi connectivity index (χ4n) is 1.59. The molecule has 0 bridgehead atoms. The molecule has 0 heterocycles. The van der Waals surface area contributed by atoms with Crippen LogP contribution in [0, 0.1) is 0 Å². The number of aliphatic carboxylic acids is 1. The second kappa shape index (κ2) is 6.10. The standard InChI is InChI=1S/C12H16O5/c1-15-9-6-4-5-8(11(9)17-3)7-10(16-2)12(13)14/h4-6,10H,7H2,1-3H3,(H,13,14). The van der Waals surface area contributed by atoms with E-state index in [1.165, 1.54) is 21.3 Å². The molecule has 94 valence electrons. The number of benzene rings is 1. The van der Waals surface area contributed by atoms with E-state index in [1.54, 1.807) is 18.2 Å². The summed E-state index contributed by atoms with van der Waals surface area (Å²) in [5, 5.41) is 8.93. The Morgan fingerprint density at radius 3 is 2.47 bits per heavy atom. The summed E-state index contributed by atoms with van der Waals surface area (Å²) in [6.45, 7) is 0. The molecule has 1 atom stereocenters. The molecule has 1 aromatic carbocycles. The molecule has 0 radical (unpaired) electrons. The monoisotopic (exact) mass is 240 g/mol. The number of carboxylic acid groups (broad SMARTS) is 1. The van der Waals surface area contributed by atoms with Gasteiger partial charge in [-0.15, -0.1) is 0 Å². The van der Waals surface area contributed by atoms with Gasteiger partial charge < -0.3 is 19.3 Å². The van der Waals surface area contributed by atoms with E-state index in [0.717, 1.165) is 5.56 Å². The lowest BCUT2D eigenvalue weighted by atomic mass is 10.1. The van der Waals surface area contributed by atoms with Gasteiger partial charge in [-0.1, -0.05) is 12.1 Å². The molecule has 5 heteroatoms. The topological polar surface area (TPSA) is 65.0 Å². The van der Waals surface area contributed by atoms with E-state index in [2.05, 4.69) is 0 Å². The van der Waals surface area contributed by atoms with E-state index in [4.69, 9.17) is 19.3 Å². The van der Waals surface area contributed by atoms with E-state index in [1.807, 2.05) is 0 Å². The van der Waals surface area contributed by atoms with Crippen molar-refractivity contribution in [3.05, 3.63) is 23.8 Å². The number of hydrogen-bond donors (Lipinski definition) is 1. The van der Waals surface area contributed by atoms with Crippen molar-refractivity contribution in [2.45, 2.75) is 12.5 Å². The molecule has 0 aliphatic rings. The van der Waals surface area contributed by atoms with Crippen LogP contribution in [0.25, 0.3) is 0 Å². The van der Waals surface area contributed by atoms with Crippen molar-refractivity contribution >= 4 is 5.97 Å². The van der Waals surface area contributed by atoms with Crippen molar-refractivity contribution in [3.8, 4) is 11.5 Å². The molecule has 0 fully saturated rings. The van der Waals surface area contributed by atoms with E-state index < -0.39 is 12.1 Å². The Labute approximate surface area is 99.9 Å². The minimum atomic E-state index is -1.00. The first-order valence-electron chi connectivity index (χ1n) is 5.09. The smallest absolute Gasteiger partial charge is 0.333 e. The highest BCUT2D eigenvalue weighted by atomic mass is 16.5. The summed E-state index contributed by atoms with van der Waals surface area (Å²) in [6.07, 6.45) is -0.664. The maximum absolute atomic E-state index is 10.9. The van der Waals surface area contributed by atoms with Crippen LogP contribution in [0.5, 0.6) is 11.5 Å². The van der Waals surface area contributed by atoms with Gasteiger partial charge in [0.15, 0.2) is 17.6 Å². The van der Waals surface area contributed by atoms with Crippen molar-refractivity contribution < 1.29 is 24.1 Å². The summed E-state index contributed by atoms with van der Waals surface area (Å²) in [5.41, 5.74) is 0.737. The Balaban J connectivity index is 3.01. The molecular formula is C12H16O5. The van der Waals surface area contributed by atoms with Crippen LogP contribution in [0.2, 0.25) is 0 Å². The van der Waals surface area contributed by atoms with Gasteiger partial charge in [-0.2, -0.15) is 0 Å². The Hall–Kier alpha value is -1.75. The van der Waals surface area contributed by atoms with Gasteiger partial charge in [0.05, 0.1) is 14.2 Å². The van der Waals surface area contributed by atoms with Gasteiger partial charge >= 0.3 is 5.97 Å². The number of carboxylic acids is 1. The molecule has 0 amide bonds. The molecule has 0 spiro atoms. The van der Waals surface area contributed by atoms with Gasteiger partial charge in [0.2, 0.25) is 0 Å². The first-order chi connectivity index (χ1) is 8.13. The average molecular weight is 240 g/mol. The first kappa shape index (κ1) is 13.3. The van der Waals surface area contributed by atoms with Gasteiger partial charge in [0.1, 0.15) is 0 Å². The van der Waals surface area contributed by atoms with Crippen LogP contribution in [0.3, 0.4) is 0 Å². The second-order valence-corrected chi connectivity index (χ2v) is 3.42. The zero-order chi connectivity index (χ0) is 12.8. The number of rotatable bonds is 6. The SMILES string of the molecule is COc1cccc(CC(OC)C(=O)O)c1OC. The highest BCUT2D eigenvalue weighted by Crippen LogP contribution is 2.31. The molecule has 1 N–H and O–H groups in total. The number of para-hydroxylation sites is 1. The molecule has 17 heavy (non-hydrogen) atoms. The lowest BCUT2D eigenvalue weighted by Crippen LogP contribution is -2.25. The van der Waals surface area contributed by atoms with E-state index in [0.29, 0.717) is 11.5 Å². The van der Waals surface area contributed by atoms with Crippen molar-refractivity contribution in [1.82, 2.24) is 0 Å². The zero-order valence-corrected chi connectivity index (χ0v) is 10.1. The number of carbonyl (C=O) groups is 1. The molecule has 1 unspecified atom stereocenters. The number of methoxy groups -OCH3 is 3. The normalized spacial score (nSPS) is 11.9. The van der Waals surface area contributed by atoms with Crippen molar-refractivity contribution in [1.29, 1.82) is 0 Å². The van der Waals surface area contributed by atoms with Gasteiger partial charge in [-0.3, -0.25) is 0 Å². The highest BCUT2D eigenvalue weighted by molar-refractivity contribution is 5.73. The third kappa shape index (κ3) is 3.10. The van der Waals surface area contributed by atoms with Crippen LogP contribution in [-0.2, 0) is 16.0 Å². The van der Waals surface area contributed by atoms with Crippen molar-refractivity contribution in [2.75, 3.05) is 21.3 Å². The Bertz CT molecular complexity index is 388. The van der Waals surface area contributed by atoms with Crippen LogP contribution in [-0.4, -0.2) is 38.5 Å². The predicted molar refractivity (Wildman–Crippen MR) is 61.7 cm³/mol. The molecular weight excluding hydrogens is 224 g/mol. The minimum absolute atomic E-state index is 0.228.